The van der Waals surface area contributed by atoms with Crippen molar-refractivity contribution in [2.45, 2.75) is 38.3 Å². The summed E-state index contributed by atoms with van der Waals surface area (Å²) in [7, 11) is 0. The number of amides is 1. The van der Waals surface area contributed by atoms with Gasteiger partial charge in [0.1, 0.15) is 0 Å². The summed E-state index contributed by atoms with van der Waals surface area (Å²) in [6.45, 7) is 3.28. The van der Waals surface area contributed by atoms with Crippen LogP contribution in [0.25, 0.3) is 0 Å². The summed E-state index contributed by atoms with van der Waals surface area (Å²) in [5.41, 5.74) is 5.70. The van der Waals surface area contributed by atoms with Gasteiger partial charge in [0, 0.05) is 12.6 Å². The third-order valence-corrected chi connectivity index (χ3v) is 2.44. The molecule has 5 nitrogen and oxygen atoms in total. The Morgan fingerprint density at radius 1 is 1.60 bits per heavy atom. The van der Waals surface area contributed by atoms with E-state index in [1.807, 2.05) is 6.92 Å². The van der Waals surface area contributed by atoms with Crippen LogP contribution in [0.3, 0.4) is 0 Å². The molecule has 0 aromatic rings. The van der Waals surface area contributed by atoms with E-state index in [0.29, 0.717) is 26.1 Å². The van der Waals surface area contributed by atoms with E-state index in [0.717, 1.165) is 12.8 Å². The number of aliphatic hydroxyl groups excluding tert-OH is 1. The van der Waals surface area contributed by atoms with Crippen LogP contribution in [0.1, 0.15) is 26.2 Å². The molecular weight excluding hydrogens is 196 g/mol. The SMILES string of the molecule is CCCCOC(=O)N1C[C@H](N)C[C@H](O)C1. The first-order chi connectivity index (χ1) is 7.13. The van der Waals surface area contributed by atoms with Crippen molar-refractivity contribution >= 4 is 6.09 Å². The fourth-order valence-corrected chi connectivity index (χ4v) is 1.65. The minimum absolute atomic E-state index is 0.146. The maximum Gasteiger partial charge on any atom is 0.409 e. The van der Waals surface area contributed by atoms with Crippen LogP contribution < -0.4 is 5.73 Å². The Labute approximate surface area is 90.2 Å². The van der Waals surface area contributed by atoms with Crippen LogP contribution in [-0.2, 0) is 4.74 Å². The summed E-state index contributed by atoms with van der Waals surface area (Å²) in [6.07, 6.45) is 1.53. The maximum atomic E-state index is 11.5. The number of nitrogens with zero attached hydrogens (tertiary/aromatic N) is 1. The van der Waals surface area contributed by atoms with Crippen LogP contribution in [-0.4, -0.2) is 47.9 Å². The van der Waals surface area contributed by atoms with Crippen LogP contribution in [0.2, 0.25) is 0 Å². The quantitative estimate of drug-likeness (QED) is 0.666. The molecule has 1 saturated heterocycles. The summed E-state index contributed by atoms with van der Waals surface area (Å²) < 4.78 is 5.04. The molecule has 3 N–H and O–H groups in total. The number of nitrogens with two attached hydrogens (primary N) is 1. The minimum Gasteiger partial charge on any atom is -0.449 e. The molecule has 0 aliphatic carbocycles. The van der Waals surface area contributed by atoms with Crippen molar-refractivity contribution in [3.05, 3.63) is 0 Å². The van der Waals surface area contributed by atoms with Gasteiger partial charge in [-0.1, -0.05) is 13.3 Å². The summed E-state index contributed by atoms with van der Waals surface area (Å²) in [6, 6.07) is -0.146. The Balaban J connectivity index is 2.31. The van der Waals surface area contributed by atoms with Gasteiger partial charge in [-0.15, -0.1) is 0 Å². The number of aliphatic hydroxyl groups is 1. The second kappa shape index (κ2) is 5.92. The van der Waals surface area contributed by atoms with Crippen molar-refractivity contribution in [3.8, 4) is 0 Å². The number of likely N-dealkylation sites (tertiary alicyclic amines) is 1. The van der Waals surface area contributed by atoms with Gasteiger partial charge in [0.15, 0.2) is 0 Å². The predicted molar refractivity (Wildman–Crippen MR) is 56.4 cm³/mol. The van der Waals surface area contributed by atoms with Crippen molar-refractivity contribution in [2.75, 3.05) is 19.7 Å². The molecule has 1 heterocycles. The lowest BCUT2D eigenvalue weighted by molar-refractivity contribution is 0.0419. The lowest BCUT2D eigenvalue weighted by Crippen LogP contribution is -2.51. The highest BCUT2D eigenvalue weighted by Gasteiger charge is 2.27. The molecule has 1 amide bonds. The highest BCUT2D eigenvalue weighted by Crippen LogP contribution is 2.10. The second-order valence-corrected chi connectivity index (χ2v) is 4.02. The molecule has 1 rings (SSSR count). The van der Waals surface area contributed by atoms with Gasteiger partial charge < -0.3 is 20.5 Å². The lowest BCUT2D eigenvalue weighted by atomic mass is 10.0. The first-order valence-electron chi connectivity index (χ1n) is 5.48. The van der Waals surface area contributed by atoms with Crippen molar-refractivity contribution < 1.29 is 14.6 Å². The molecule has 88 valence electrons. The van der Waals surface area contributed by atoms with E-state index in [1.165, 1.54) is 4.90 Å². The molecule has 2 atom stereocenters. The predicted octanol–water partition coefficient (Wildman–Crippen LogP) is 0.317. The van der Waals surface area contributed by atoms with Gasteiger partial charge in [-0.25, -0.2) is 4.79 Å². The van der Waals surface area contributed by atoms with E-state index in [2.05, 4.69) is 0 Å². The number of rotatable bonds is 3. The lowest BCUT2D eigenvalue weighted by Gasteiger charge is -2.33. The molecule has 1 aliphatic heterocycles. The van der Waals surface area contributed by atoms with Crippen LogP contribution in [0.4, 0.5) is 4.79 Å². The number of piperidine rings is 1. The number of carbonyl (C=O) groups excluding carboxylic acids is 1. The number of β-amino-alcohol motifs (C(OH)–C–C–N with tert-alkyl or cyclic N) is 1. The first-order valence-corrected chi connectivity index (χ1v) is 5.48. The second-order valence-electron chi connectivity index (χ2n) is 4.02. The van der Waals surface area contributed by atoms with Gasteiger partial charge in [-0.2, -0.15) is 0 Å². The molecule has 15 heavy (non-hydrogen) atoms. The van der Waals surface area contributed by atoms with Crippen LogP contribution in [0, 0.1) is 0 Å². The van der Waals surface area contributed by atoms with E-state index < -0.39 is 6.10 Å². The Bertz CT molecular complexity index is 201. The fraction of sp³-hybridized carbons (Fsp3) is 0.900. The summed E-state index contributed by atoms with van der Waals surface area (Å²) in [5.74, 6) is 0. The van der Waals surface area contributed by atoms with Gasteiger partial charge in [0.05, 0.1) is 19.3 Å². The van der Waals surface area contributed by atoms with Gasteiger partial charge in [-0.3, -0.25) is 0 Å². The number of unbranched alkanes of at least 4 members (excludes halogenated alkanes) is 1. The van der Waals surface area contributed by atoms with Crippen molar-refractivity contribution in [1.82, 2.24) is 4.90 Å². The van der Waals surface area contributed by atoms with Crippen molar-refractivity contribution in [2.24, 2.45) is 5.73 Å². The van der Waals surface area contributed by atoms with E-state index in [-0.39, 0.29) is 12.1 Å². The Hall–Kier alpha value is -0.810. The zero-order valence-electron chi connectivity index (χ0n) is 9.19. The average Bonchev–Trinajstić information content (AvgIpc) is 2.16. The zero-order chi connectivity index (χ0) is 11.3. The summed E-state index contributed by atoms with van der Waals surface area (Å²) in [5, 5.41) is 9.44. The monoisotopic (exact) mass is 216 g/mol. The number of hydrogen-bond donors (Lipinski definition) is 2. The smallest absolute Gasteiger partial charge is 0.409 e. The Kier molecular flexibility index (Phi) is 4.84. The highest BCUT2D eigenvalue weighted by molar-refractivity contribution is 5.67. The van der Waals surface area contributed by atoms with Crippen molar-refractivity contribution in [1.29, 1.82) is 0 Å². The molecule has 1 aliphatic rings. The molecule has 1 fully saturated rings. The van der Waals surface area contributed by atoms with Gasteiger partial charge >= 0.3 is 6.09 Å². The normalized spacial score (nSPS) is 26.5. The molecule has 0 aromatic carbocycles. The van der Waals surface area contributed by atoms with Crippen molar-refractivity contribution in [3.63, 3.8) is 0 Å². The van der Waals surface area contributed by atoms with Gasteiger partial charge in [0.25, 0.3) is 0 Å². The van der Waals surface area contributed by atoms with Crippen LogP contribution in [0.15, 0.2) is 0 Å². The summed E-state index contributed by atoms with van der Waals surface area (Å²) >= 11 is 0. The van der Waals surface area contributed by atoms with E-state index in [4.69, 9.17) is 10.5 Å². The highest BCUT2D eigenvalue weighted by atomic mass is 16.6. The largest absolute Gasteiger partial charge is 0.449 e. The van der Waals surface area contributed by atoms with Crippen LogP contribution >= 0.6 is 0 Å². The number of carbonyl (C=O) groups is 1. The number of hydrogen-bond acceptors (Lipinski definition) is 4. The molecule has 5 heteroatoms. The third kappa shape index (κ3) is 4.05. The maximum absolute atomic E-state index is 11.5. The van der Waals surface area contributed by atoms with Crippen LogP contribution in [0.5, 0.6) is 0 Å². The topological polar surface area (TPSA) is 75.8 Å². The standard InChI is InChI=1S/C10H20N2O3/c1-2-3-4-15-10(14)12-6-8(11)5-9(13)7-12/h8-9,13H,2-7,11H2,1H3/t8-,9+/m1/s1. The Morgan fingerprint density at radius 2 is 2.33 bits per heavy atom. The zero-order valence-corrected chi connectivity index (χ0v) is 9.19. The van der Waals surface area contributed by atoms with Gasteiger partial charge in [0.2, 0.25) is 0 Å². The minimum atomic E-state index is -0.521. The van der Waals surface area contributed by atoms with E-state index in [9.17, 15) is 9.90 Å². The van der Waals surface area contributed by atoms with Gasteiger partial charge in [-0.05, 0) is 12.8 Å². The molecular formula is C10H20N2O3. The first kappa shape index (κ1) is 12.3. The molecule has 0 saturated carbocycles. The average molecular weight is 216 g/mol. The molecule has 0 aromatic heterocycles. The van der Waals surface area contributed by atoms with E-state index in [1.54, 1.807) is 0 Å². The molecule has 0 spiro atoms. The fourth-order valence-electron chi connectivity index (χ4n) is 1.65. The number of ether oxygens (including phenoxy) is 1. The Morgan fingerprint density at radius 3 is 2.93 bits per heavy atom. The third-order valence-electron chi connectivity index (χ3n) is 2.44. The summed E-state index contributed by atoms with van der Waals surface area (Å²) in [4.78, 5) is 13.0. The molecule has 0 radical (unpaired) electrons. The van der Waals surface area contributed by atoms with E-state index >= 15 is 0 Å². The molecule has 0 bridgehead atoms. The molecule has 0 unspecified atom stereocenters.